The Hall–Kier alpha value is -1.62. The van der Waals surface area contributed by atoms with Crippen LogP contribution in [0, 0.1) is 0 Å². The molecule has 1 aromatic carbocycles. The Bertz CT molecular complexity index is 519. The molecule has 1 heterocycles. The maximum atomic E-state index is 5.62. The van der Waals surface area contributed by atoms with Crippen molar-refractivity contribution in [3.05, 3.63) is 46.8 Å². The van der Waals surface area contributed by atoms with E-state index in [4.69, 9.17) is 4.74 Å². The second-order valence-corrected chi connectivity index (χ2v) is 4.87. The number of para-hydroxylation sites is 1. The molecule has 0 radical (unpaired) electrons. The van der Waals surface area contributed by atoms with Crippen LogP contribution in [0.1, 0.15) is 19.2 Å². The first-order chi connectivity index (χ1) is 9.29. The van der Waals surface area contributed by atoms with Crippen molar-refractivity contribution in [2.24, 2.45) is 0 Å². The van der Waals surface area contributed by atoms with Gasteiger partial charge in [-0.05, 0) is 34.5 Å². The predicted octanol–water partition coefficient (Wildman–Crippen LogP) is 3.64. The second-order valence-electron chi connectivity index (χ2n) is 4.01. The molecule has 0 saturated carbocycles. The van der Waals surface area contributed by atoms with Crippen LogP contribution in [0.4, 0.5) is 5.82 Å². The Morgan fingerprint density at radius 3 is 2.79 bits per heavy atom. The summed E-state index contributed by atoms with van der Waals surface area (Å²) in [7, 11) is 0. The summed E-state index contributed by atoms with van der Waals surface area (Å²) in [5, 5.41) is 3.25. The van der Waals surface area contributed by atoms with Gasteiger partial charge in [-0.15, -0.1) is 0 Å². The molecule has 1 N–H and O–H groups in total. The Morgan fingerprint density at radius 1 is 1.26 bits per heavy atom. The minimum absolute atomic E-state index is 0.359. The summed E-state index contributed by atoms with van der Waals surface area (Å²) in [6, 6.07) is 9.65. The molecule has 4 nitrogen and oxygen atoms in total. The molecule has 0 bridgehead atoms. The van der Waals surface area contributed by atoms with Gasteiger partial charge in [-0.25, -0.2) is 9.97 Å². The first kappa shape index (κ1) is 13.8. The fraction of sp³-hybridized carbons (Fsp3) is 0.286. The van der Waals surface area contributed by atoms with Crippen molar-refractivity contribution < 1.29 is 4.74 Å². The molecule has 100 valence electrons. The fourth-order valence-corrected chi connectivity index (χ4v) is 1.84. The van der Waals surface area contributed by atoms with E-state index in [2.05, 4.69) is 38.1 Å². The van der Waals surface area contributed by atoms with Crippen LogP contribution in [0.3, 0.4) is 0 Å². The van der Waals surface area contributed by atoms with Crippen LogP contribution in [-0.4, -0.2) is 16.5 Å². The smallest absolute Gasteiger partial charge is 0.168 e. The zero-order valence-electron chi connectivity index (χ0n) is 10.8. The van der Waals surface area contributed by atoms with Gasteiger partial charge in [0.15, 0.2) is 5.82 Å². The van der Waals surface area contributed by atoms with E-state index in [0.29, 0.717) is 12.4 Å². The van der Waals surface area contributed by atoms with Gasteiger partial charge in [-0.2, -0.15) is 0 Å². The highest BCUT2D eigenvalue weighted by Crippen LogP contribution is 2.19. The largest absolute Gasteiger partial charge is 0.486 e. The number of ether oxygens (including phenoxy) is 1. The summed E-state index contributed by atoms with van der Waals surface area (Å²) in [6.07, 6.45) is 2.79. The number of hydrogen-bond acceptors (Lipinski definition) is 4. The monoisotopic (exact) mass is 321 g/mol. The third kappa shape index (κ3) is 4.21. The van der Waals surface area contributed by atoms with E-state index in [9.17, 15) is 0 Å². The molecule has 1 aromatic heterocycles. The number of benzene rings is 1. The van der Waals surface area contributed by atoms with Crippen molar-refractivity contribution in [1.82, 2.24) is 9.97 Å². The highest BCUT2D eigenvalue weighted by atomic mass is 79.9. The summed E-state index contributed by atoms with van der Waals surface area (Å²) in [6.45, 7) is 3.36. The molecule has 0 aliphatic heterocycles. The molecule has 0 spiro atoms. The van der Waals surface area contributed by atoms with Crippen molar-refractivity contribution in [2.45, 2.75) is 20.0 Å². The van der Waals surface area contributed by atoms with Gasteiger partial charge in [-0.1, -0.05) is 25.1 Å². The Balaban J connectivity index is 2.00. The molecular weight excluding hydrogens is 306 g/mol. The topological polar surface area (TPSA) is 47.0 Å². The molecule has 19 heavy (non-hydrogen) atoms. The van der Waals surface area contributed by atoms with Crippen LogP contribution in [0.2, 0.25) is 0 Å². The molecule has 2 rings (SSSR count). The molecule has 0 atom stereocenters. The predicted molar refractivity (Wildman–Crippen MR) is 79.3 cm³/mol. The second kappa shape index (κ2) is 7.09. The zero-order valence-corrected chi connectivity index (χ0v) is 12.4. The first-order valence-electron chi connectivity index (χ1n) is 6.22. The van der Waals surface area contributed by atoms with Crippen LogP contribution >= 0.6 is 15.9 Å². The summed E-state index contributed by atoms with van der Waals surface area (Å²) in [5.74, 6) is 2.28. The van der Waals surface area contributed by atoms with Gasteiger partial charge >= 0.3 is 0 Å². The van der Waals surface area contributed by atoms with E-state index in [1.54, 1.807) is 6.20 Å². The van der Waals surface area contributed by atoms with Crippen LogP contribution in [0.15, 0.2) is 41.0 Å². The summed E-state index contributed by atoms with van der Waals surface area (Å²) < 4.78 is 6.49. The van der Waals surface area contributed by atoms with Gasteiger partial charge in [0.1, 0.15) is 18.2 Å². The molecular formula is C14H16BrN3O. The van der Waals surface area contributed by atoms with E-state index in [1.807, 2.05) is 30.3 Å². The SMILES string of the molecule is CCCNc1nc(COc2ccccc2)ncc1Br. The normalized spacial score (nSPS) is 10.2. The Labute approximate surface area is 121 Å². The minimum Gasteiger partial charge on any atom is -0.486 e. The average Bonchev–Trinajstić information content (AvgIpc) is 2.46. The minimum atomic E-state index is 0.359. The molecule has 5 heteroatoms. The molecule has 2 aromatic rings. The van der Waals surface area contributed by atoms with Crippen molar-refractivity contribution in [2.75, 3.05) is 11.9 Å². The third-order valence-electron chi connectivity index (χ3n) is 2.45. The lowest BCUT2D eigenvalue weighted by atomic mass is 10.3. The van der Waals surface area contributed by atoms with Crippen molar-refractivity contribution in [1.29, 1.82) is 0 Å². The Kier molecular flexibility index (Phi) is 5.15. The van der Waals surface area contributed by atoms with E-state index >= 15 is 0 Å². The van der Waals surface area contributed by atoms with Gasteiger partial charge < -0.3 is 10.1 Å². The fourth-order valence-electron chi connectivity index (χ4n) is 1.51. The lowest BCUT2D eigenvalue weighted by Crippen LogP contribution is -2.07. The van der Waals surface area contributed by atoms with Crippen molar-refractivity contribution in [3.8, 4) is 5.75 Å². The van der Waals surface area contributed by atoms with Crippen molar-refractivity contribution >= 4 is 21.7 Å². The average molecular weight is 322 g/mol. The van der Waals surface area contributed by atoms with E-state index in [-0.39, 0.29) is 0 Å². The summed E-state index contributed by atoms with van der Waals surface area (Å²) in [4.78, 5) is 8.67. The molecule has 0 aliphatic rings. The highest BCUT2D eigenvalue weighted by molar-refractivity contribution is 9.10. The number of anilines is 1. The lowest BCUT2D eigenvalue weighted by Gasteiger charge is -2.09. The van der Waals surface area contributed by atoms with E-state index < -0.39 is 0 Å². The summed E-state index contributed by atoms with van der Waals surface area (Å²) >= 11 is 3.43. The number of hydrogen-bond donors (Lipinski definition) is 1. The van der Waals surface area contributed by atoms with E-state index in [0.717, 1.165) is 29.0 Å². The maximum Gasteiger partial charge on any atom is 0.168 e. The molecule has 0 saturated heterocycles. The van der Waals surface area contributed by atoms with E-state index in [1.165, 1.54) is 0 Å². The molecule has 0 fully saturated rings. The van der Waals surface area contributed by atoms with Crippen LogP contribution in [0.25, 0.3) is 0 Å². The number of nitrogens with one attached hydrogen (secondary N) is 1. The molecule has 0 amide bonds. The standard InChI is InChI=1S/C14H16BrN3O/c1-2-8-16-14-12(15)9-17-13(18-14)10-19-11-6-4-3-5-7-11/h3-7,9H,2,8,10H2,1H3,(H,16,17,18). The quantitative estimate of drug-likeness (QED) is 0.882. The third-order valence-corrected chi connectivity index (χ3v) is 3.03. The maximum absolute atomic E-state index is 5.62. The Morgan fingerprint density at radius 2 is 2.05 bits per heavy atom. The lowest BCUT2D eigenvalue weighted by molar-refractivity contribution is 0.296. The summed E-state index contributed by atoms with van der Waals surface area (Å²) in [5.41, 5.74) is 0. The van der Waals surface area contributed by atoms with Crippen LogP contribution < -0.4 is 10.1 Å². The van der Waals surface area contributed by atoms with Gasteiger partial charge in [0, 0.05) is 12.7 Å². The number of aromatic nitrogens is 2. The molecule has 0 aliphatic carbocycles. The van der Waals surface area contributed by atoms with Crippen LogP contribution in [-0.2, 0) is 6.61 Å². The number of rotatable bonds is 6. The van der Waals surface area contributed by atoms with Gasteiger partial charge in [0.2, 0.25) is 0 Å². The molecule has 0 unspecified atom stereocenters. The van der Waals surface area contributed by atoms with Crippen LogP contribution in [0.5, 0.6) is 5.75 Å². The zero-order chi connectivity index (χ0) is 13.5. The van der Waals surface area contributed by atoms with Gasteiger partial charge in [0.05, 0.1) is 4.47 Å². The van der Waals surface area contributed by atoms with Gasteiger partial charge in [0.25, 0.3) is 0 Å². The number of nitrogens with zero attached hydrogens (tertiary/aromatic N) is 2. The first-order valence-corrected chi connectivity index (χ1v) is 7.02. The highest BCUT2D eigenvalue weighted by Gasteiger charge is 2.05. The van der Waals surface area contributed by atoms with Gasteiger partial charge in [-0.3, -0.25) is 0 Å². The van der Waals surface area contributed by atoms with Crippen molar-refractivity contribution in [3.63, 3.8) is 0 Å². The number of halogens is 1.